The second kappa shape index (κ2) is 7.50. The lowest BCUT2D eigenvalue weighted by atomic mass is 10.1. The molecule has 0 saturated heterocycles. The fraction of sp³-hybridized carbons (Fsp3) is 0.278. The van der Waals surface area contributed by atoms with E-state index >= 15 is 0 Å². The Labute approximate surface area is 170 Å². The van der Waals surface area contributed by atoms with E-state index in [-0.39, 0.29) is 6.61 Å². The lowest BCUT2D eigenvalue weighted by molar-refractivity contribution is 0.0527. The number of imidazole rings is 1. The van der Waals surface area contributed by atoms with Crippen LogP contribution >= 0.6 is 34.5 Å². The van der Waals surface area contributed by atoms with Crippen LogP contribution in [0.15, 0.2) is 12.3 Å². The Morgan fingerprint density at radius 1 is 1.30 bits per heavy atom. The van der Waals surface area contributed by atoms with E-state index in [2.05, 4.69) is 10.3 Å². The molecule has 1 amide bonds. The SMILES string of the molecule is CCOC(=O)c1c(NC(=O)c2c(C)nc3c(Cl)cc(Cl)cn23)sc(C)c1C. The second-order valence-electron chi connectivity index (χ2n) is 5.91. The van der Waals surface area contributed by atoms with Crippen LogP contribution in [0.1, 0.15) is 43.9 Å². The zero-order chi connectivity index (χ0) is 19.9. The maximum Gasteiger partial charge on any atom is 0.341 e. The Morgan fingerprint density at radius 3 is 2.67 bits per heavy atom. The summed E-state index contributed by atoms with van der Waals surface area (Å²) in [5.41, 5.74) is 2.39. The number of carbonyl (C=O) groups is 2. The third kappa shape index (κ3) is 3.54. The van der Waals surface area contributed by atoms with Crippen molar-refractivity contribution in [2.24, 2.45) is 0 Å². The number of esters is 1. The van der Waals surface area contributed by atoms with Gasteiger partial charge in [0.15, 0.2) is 5.65 Å². The Kier molecular flexibility index (Phi) is 5.46. The third-order valence-corrected chi connectivity index (χ3v) is 5.73. The van der Waals surface area contributed by atoms with Gasteiger partial charge < -0.3 is 10.1 Å². The fourth-order valence-electron chi connectivity index (χ4n) is 2.79. The van der Waals surface area contributed by atoms with Gasteiger partial charge in [0.1, 0.15) is 10.7 Å². The molecule has 0 saturated carbocycles. The van der Waals surface area contributed by atoms with Gasteiger partial charge in [-0.3, -0.25) is 9.20 Å². The van der Waals surface area contributed by atoms with Crippen LogP contribution in [0.2, 0.25) is 10.0 Å². The fourth-order valence-corrected chi connectivity index (χ4v) is 4.34. The number of pyridine rings is 1. The highest BCUT2D eigenvalue weighted by Crippen LogP contribution is 2.34. The molecule has 0 atom stereocenters. The summed E-state index contributed by atoms with van der Waals surface area (Å²) >= 11 is 13.6. The molecular weight excluding hydrogens is 409 g/mol. The smallest absolute Gasteiger partial charge is 0.341 e. The number of thiophene rings is 1. The molecule has 3 rings (SSSR count). The number of aromatic nitrogens is 2. The minimum Gasteiger partial charge on any atom is -0.462 e. The monoisotopic (exact) mass is 425 g/mol. The zero-order valence-corrected chi connectivity index (χ0v) is 17.5. The highest BCUT2D eigenvalue weighted by atomic mass is 35.5. The van der Waals surface area contributed by atoms with Gasteiger partial charge in [-0.25, -0.2) is 9.78 Å². The summed E-state index contributed by atoms with van der Waals surface area (Å²) in [4.78, 5) is 30.6. The maximum absolute atomic E-state index is 13.0. The van der Waals surface area contributed by atoms with Crippen molar-refractivity contribution >= 4 is 57.1 Å². The standard InChI is InChI=1S/C18H17Cl2N3O3S/c1-5-26-18(25)13-8(2)10(4)27-17(13)22-16(24)14-9(3)21-15-12(20)6-11(19)7-23(14)15/h6-7H,5H2,1-4H3,(H,22,24). The number of rotatable bonds is 4. The molecule has 27 heavy (non-hydrogen) atoms. The molecule has 3 heterocycles. The number of fused-ring (bicyclic) bond motifs is 1. The Bertz CT molecular complexity index is 1070. The maximum atomic E-state index is 13.0. The first kappa shape index (κ1) is 19.7. The van der Waals surface area contributed by atoms with E-state index in [1.807, 2.05) is 13.8 Å². The summed E-state index contributed by atoms with van der Waals surface area (Å²) in [5, 5.41) is 3.99. The quantitative estimate of drug-likeness (QED) is 0.592. The average Bonchev–Trinajstić information content (AvgIpc) is 3.04. The largest absolute Gasteiger partial charge is 0.462 e. The highest BCUT2D eigenvalue weighted by molar-refractivity contribution is 7.16. The molecule has 1 N–H and O–H groups in total. The molecule has 0 aliphatic carbocycles. The van der Waals surface area contributed by atoms with Crippen molar-refractivity contribution < 1.29 is 14.3 Å². The molecule has 142 valence electrons. The number of nitrogens with one attached hydrogen (secondary N) is 1. The van der Waals surface area contributed by atoms with Crippen LogP contribution in [0, 0.1) is 20.8 Å². The van der Waals surface area contributed by atoms with Gasteiger partial charge in [0.2, 0.25) is 0 Å². The average molecular weight is 426 g/mol. The molecule has 0 aromatic carbocycles. The summed E-state index contributed by atoms with van der Waals surface area (Å²) in [5.74, 6) is -0.874. The number of ether oxygens (including phenoxy) is 1. The number of halogens is 2. The number of nitrogens with zero attached hydrogens (tertiary/aromatic N) is 2. The molecule has 0 spiro atoms. The van der Waals surface area contributed by atoms with E-state index < -0.39 is 11.9 Å². The molecular formula is C18H17Cl2N3O3S. The third-order valence-electron chi connectivity index (χ3n) is 4.12. The van der Waals surface area contributed by atoms with E-state index in [1.165, 1.54) is 11.3 Å². The van der Waals surface area contributed by atoms with Crippen molar-refractivity contribution in [2.45, 2.75) is 27.7 Å². The molecule has 0 unspecified atom stereocenters. The van der Waals surface area contributed by atoms with Crippen LogP contribution in [-0.2, 0) is 4.74 Å². The summed E-state index contributed by atoms with van der Waals surface area (Å²) in [7, 11) is 0. The molecule has 9 heteroatoms. The van der Waals surface area contributed by atoms with Gasteiger partial charge in [0.25, 0.3) is 5.91 Å². The molecule has 0 bridgehead atoms. The first-order valence-corrected chi connectivity index (χ1v) is 9.74. The van der Waals surface area contributed by atoms with Crippen molar-refractivity contribution in [3.63, 3.8) is 0 Å². The van der Waals surface area contributed by atoms with Gasteiger partial charge in [-0.1, -0.05) is 23.2 Å². The predicted octanol–water partition coefficient (Wildman–Crippen LogP) is 5.06. The number of anilines is 1. The molecule has 0 aliphatic rings. The second-order valence-corrected chi connectivity index (χ2v) is 7.98. The number of hydrogen-bond acceptors (Lipinski definition) is 5. The summed E-state index contributed by atoms with van der Waals surface area (Å²) in [6, 6.07) is 1.57. The van der Waals surface area contributed by atoms with Crippen LogP contribution in [0.25, 0.3) is 5.65 Å². The topological polar surface area (TPSA) is 72.7 Å². The molecule has 3 aromatic rings. The van der Waals surface area contributed by atoms with E-state index in [4.69, 9.17) is 27.9 Å². The summed E-state index contributed by atoms with van der Waals surface area (Å²) < 4.78 is 6.67. The minimum atomic E-state index is -0.462. The Balaban J connectivity index is 2.05. The van der Waals surface area contributed by atoms with E-state index in [1.54, 1.807) is 30.5 Å². The van der Waals surface area contributed by atoms with Gasteiger partial charge in [0, 0.05) is 11.1 Å². The molecule has 0 aliphatic heterocycles. The van der Waals surface area contributed by atoms with Crippen LogP contribution in [0.4, 0.5) is 5.00 Å². The first-order chi connectivity index (χ1) is 12.7. The predicted molar refractivity (Wildman–Crippen MR) is 108 cm³/mol. The minimum absolute atomic E-state index is 0.254. The summed E-state index contributed by atoms with van der Waals surface area (Å²) in [6.45, 7) is 7.41. The van der Waals surface area contributed by atoms with Crippen molar-refractivity contribution in [2.75, 3.05) is 11.9 Å². The molecule has 6 nitrogen and oxygen atoms in total. The zero-order valence-electron chi connectivity index (χ0n) is 15.1. The normalized spacial score (nSPS) is 11.0. The van der Waals surface area contributed by atoms with Gasteiger partial charge in [-0.2, -0.15) is 0 Å². The van der Waals surface area contributed by atoms with E-state index in [0.717, 1.165) is 10.4 Å². The highest BCUT2D eigenvalue weighted by Gasteiger charge is 2.25. The molecule has 3 aromatic heterocycles. The van der Waals surface area contributed by atoms with Gasteiger partial charge >= 0.3 is 5.97 Å². The van der Waals surface area contributed by atoms with Crippen LogP contribution in [-0.4, -0.2) is 27.9 Å². The van der Waals surface area contributed by atoms with Gasteiger partial charge in [-0.05, 0) is 39.3 Å². The summed E-state index contributed by atoms with van der Waals surface area (Å²) in [6.07, 6.45) is 1.58. The van der Waals surface area contributed by atoms with Gasteiger partial charge in [-0.15, -0.1) is 11.3 Å². The van der Waals surface area contributed by atoms with Crippen LogP contribution in [0.3, 0.4) is 0 Å². The lowest BCUT2D eigenvalue weighted by Crippen LogP contribution is -2.17. The van der Waals surface area contributed by atoms with Gasteiger partial charge in [0.05, 0.1) is 27.9 Å². The first-order valence-electron chi connectivity index (χ1n) is 8.16. The van der Waals surface area contributed by atoms with Crippen LogP contribution < -0.4 is 5.32 Å². The number of aryl methyl sites for hydroxylation is 2. The van der Waals surface area contributed by atoms with Crippen molar-refractivity contribution in [1.82, 2.24) is 9.38 Å². The van der Waals surface area contributed by atoms with Crippen molar-refractivity contribution in [3.05, 3.63) is 49.7 Å². The number of carbonyl (C=O) groups excluding carboxylic acids is 2. The van der Waals surface area contributed by atoms with E-state index in [9.17, 15) is 9.59 Å². The molecule has 0 fully saturated rings. The van der Waals surface area contributed by atoms with E-state index in [0.29, 0.717) is 37.6 Å². The number of hydrogen-bond donors (Lipinski definition) is 1. The molecule has 0 radical (unpaired) electrons. The number of amides is 1. The van der Waals surface area contributed by atoms with Crippen molar-refractivity contribution in [1.29, 1.82) is 0 Å². The Morgan fingerprint density at radius 2 is 2.00 bits per heavy atom. The van der Waals surface area contributed by atoms with Crippen LogP contribution in [0.5, 0.6) is 0 Å². The van der Waals surface area contributed by atoms with Crippen molar-refractivity contribution in [3.8, 4) is 0 Å². The Hall–Kier alpha value is -2.09. The lowest BCUT2D eigenvalue weighted by Gasteiger charge is -2.08.